The predicted molar refractivity (Wildman–Crippen MR) is 53.2 cm³/mol. The zero-order valence-electron chi connectivity index (χ0n) is 8.18. The number of carboxylic acid groups (broad SMARTS) is 2. The van der Waals surface area contributed by atoms with Gasteiger partial charge in [-0.15, -0.1) is 0 Å². The van der Waals surface area contributed by atoms with Gasteiger partial charge in [0.1, 0.15) is 0 Å². The lowest BCUT2D eigenvalue weighted by Gasteiger charge is -1.82. The normalized spacial score (nSPS) is 7.00. The molecule has 4 nitrogen and oxygen atoms in total. The molecule has 0 heterocycles. The summed E-state index contributed by atoms with van der Waals surface area (Å²) in [5, 5.41) is 14.3. The predicted octanol–water partition coefficient (Wildman–Crippen LogP) is 1.79. The number of benzene rings is 1. The average molecular weight is 198 g/mol. The molecule has 0 saturated heterocycles. The SMILES string of the molecule is CC(=O)O.Cc1ccccc1.O=CO. The van der Waals surface area contributed by atoms with Crippen molar-refractivity contribution in [2.45, 2.75) is 13.8 Å². The van der Waals surface area contributed by atoms with Crippen LogP contribution in [0.2, 0.25) is 0 Å². The fourth-order valence-corrected chi connectivity index (χ4v) is 0.534. The van der Waals surface area contributed by atoms with Crippen molar-refractivity contribution >= 4 is 12.4 Å². The van der Waals surface area contributed by atoms with Gasteiger partial charge in [-0.1, -0.05) is 35.9 Å². The van der Waals surface area contributed by atoms with Gasteiger partial charge in [0, 0.05) is 6.92 Å². The molecule has 0 saturated carbocycles. The van der Waals surface area contributed by atoms with E-state index in [1.54, 1.807) is 0 Å². The van der Waals surface area contributed by atoms with Crippen molar-refractivity contribution < 1.29 is 19.8 Å². The molecule has 1 aromatic rings. The number of carbonyl (C=O) groups is 2. The van der Waals surface area contributed by atoms with E-state index in [2.05, 4.69) is 19.1 Å². The second-order valence-electron chi connectivity index (χ2n) is 2.28. The lowest BCUT2D eigenvalue weighted by molar-refractivity contribution is -0.134. The molecule has 1 rings (SSSR count). The lowest BCUT2D eigenvalue weighted by Crippen LogP contribution is -1.78. The molecule has 78 valence electrons. The third kappa shape index (κ3) is 22.5. The highest BCUT2D eigenvalue weighted by Gasteiger charge is 1.72. The van der Waals surface area contributed by atoms with E-state index < -0.39 is 5.97 Å². The highest BCUT2D eigenvalue weighted by molar-refractivity contribution is 5.62. The molecular weight excluding hydrogens is 184 g/mol. The summed E-state index contributed by atoms with van der Waals surface area (Å²) in [5.41, 5.74) is 1.32. The van der Waals surface area contributed by atoms with Crippen molar-refractivity contribution in [3.63, 3.8) is 0 Å². The summed E-state index contributed by atoms with van der Waals surface area (Å²) in [5.74, 6) is -0.833. The summed E-state index contributed by atoms with van der Waals surface area (Å²) < 4.78 is 0. The van der Waals surface area contributed by atoms with Crippen molar-refractivity contribution in [3.8, 4) is 0 Å². The van der Waals surface area contributed by atoms with Gasteiger partial charge >= 0.3 is 0 Å². The second kappa shape index (κ2) is 11.2. The van der Waals surface area contributed by atoms with Crippen LogP contribution in [0.3, 0.4) is 0 Å². The van der Waals surface area contributed by atoms with Crippen LogP contribution in [0, 0.1) is 6.92 Å². The number of carboxylic acids is 1. The largest absolute Gasteiger partial charge is 0.483 e. The quantitative estimate of drug-likeness (QED) is 0.623. The van der Waals surface area contributed by atoms with Crippen molar-refractivity contribution in [2.24, 2.45) is 0 Å². The van der Waals surface area contributed by atoms with Crippen LogP contribution in [-0.2, 0) is 9.59 Å². The van der Waals surface area contributed by atoms with Gasteiger partial charge < -0.3 is 10.2 Å². The minimum Gasteiger partial charge on any atom is -0.483 e. The van der Waals surface area contributed by atoms with Gasteiger partial charge in [0.15, 0.2) is 0 Å². The Hall–Kier alpha value is -1.84. The molecule has 0 bridgehead atoms. The number of aliphatic carboxylic acids is 1. The Morgan fingerprint density at radius 3 is 1.71 bits per heavy atom. The monoisotopic (exact) mass is 198 g/mol. The third-order valence-electron chi connectivity index (χ3n) is 0.940. The van der Waals surface area contributed by atoms with E-state index in [1.165, 1.54) is 5.56 Å². The highest BCUT2D eigenvalue weighted by Crippen LogP contribution is 1.92. The maximum Gasteiger partial charge on any atom is 0.300 e. The molecule has 0 amide bonds. The maximum absolute atomic E-state index is 9.00. The van der Waals surface area contributed by atoms with Gasteiger partial charge in [-0.25, -0.2) is 0 Å². The van der Waals surface area contributed by atoms with Crippen LogP contribution in [0.5, 0.6) is 0 Å². The summed E-state index contributed by atoms with van der Waals surface area (Å²) in [4.78, 5) is 17.4. The molecule has 0 aliphatic heterocycles. The van der Waals surface area contributed by atoms with E-state index in [9.17, 15) is 0 Å². The number of rotatable bonds is 0. The number of hydrogen-bond donors (Lipinski definition) is 2. The van der Waals surface area contributed by atoms with Crippen LogP contribution in [0.25, 0.3) is 0 Å². The van der Waals surface area contributed by atoms with Crippen LogP contribution < -0.4 is 0 Å². The molecule has 1 aromatic carbocycles. The molecule has 0 atom stereocenters. The van der Waals surface area contributed by atoms with Crippen molar-refractivity contribution in [1.29, 1.82) is 0 Å². The fourth-order valence-electron chi connectivity index (χ4n) is 0.534. The van der Waals surface area contributed by atoms with Crippen LogP contribution in [0.15, 0.2) is 30.3 Å². The Labute approximate surface area is 82.8 Å². The summed E-state index contributed by atoms with van der Waals surface area (Å²) >= 11 is 0. The van der Waals surface area contributed by atoms with E-state index in [0.29, 0.717) is 0 Å². The highest BCUT2D eigenvalue weighted by atomic mass is 16.4. The maximum atomic E-state index is 9.00. The molecule has 14 heavy (non-hydrogen) atoms. The Kier molecular flexibility index (Phi) is 11.7. The second-order valence-corrected chi connectivity index (χ2v) is 2.28. The van der Waals surface area contributed by atoms with E-state index in [-0.39, 0.29) is 6.47 Å². The van der Waals surface area contributed by atoms with Gasteiger partial charge in [-0.05, 0) is 6.92 Å². The molecule has 0 unspecified atom stereocenters. The van der Waals surface area contributed by atoms with Gasteiger partial charge in [-0.2, -0.15) is 0 Å². The summed E-state index contributed by atoms with van der Waals surface area (Å²) in [6, 6.07) is 10.3. The molecule has 4 heteroatoms. The zero-order chi connectivity index (χ0) is 11.4. The zero-order valence-corrected chi connectivity index (χ0v) is 8.18. The first kappa shape index (κ1) is 14.7. The van der Waals surface area contributed by atoms with E-state index in [1.807, 2.05) is 18.2 Å². The summed E-state index contributed by atoms with van der Waals surface area (Å²) in [6.07, 6.45) is 0. The van der Waals surface area contributed by atoms with Crippen LogP contribution in [0.1, 0.15) is 12.5 Å². The molecule has 0 radical (unpaired) electrons. The first-order chi connectivity index (χ1) is 6.54. The van der Waals surface area contributed by atoms with Gasteiger partial charge in [0.2, 0.25) is 0 Å². The van der Waals surface area contributed by atoms with E-state index >= 15 is 0 Å². The van der Waals surface area contributed by atoms with E-state index in [0.717, 1.165) is 6.92 Å². The molecule has 0 aliphatic rings. The summed E-state index contributed by atoms with van der Waals surface area (Å²) in [6.45, 7) is 2.92. The smallest absolute Gasteiger partial charge is 0.300 e. The van der Waals surface area contributed by atoms with Gasteiger partial charge in [-0.3, -0.25) is 9.59 Å². The molecule has 0 aliphatic carbocycles. The molecular formula is C10H14O4. The van der Waals surface area contributed by atoms with Crippen molar-refractivity contribution in [1.82, 2.24) is 0 Å². The Morgan fingerprint density at radius 2 is 1.57 bits per heavy atom. The minimum absolute atomic E-state index is 0.250. The summed E-state index contributed by atoms with van der Waals surface area (Å²) in [7, 11) is 0. The third-order valence-corrected chi connectivity index (χ3v) is 0.940. The first-order valence-corrected chi connectivity index (χ1v) is 3.83. The molecule has 0 spiro atoms. The van der Waals surface area contributed by atoms with Crippen LogP contribution in [0.4, 0.5) is 0 Å². The molecule has 0 aromatic heterocycles. The Morgan fingerprint density at radius 1 is 1.29 bits per heavy atom. The molecule has 2 N–H and O–H groups in total. The average Bonchev–Trinajstić information content (AvgIpc) is 2.05. The standard InChI is InChI=1S/C7H8.C2H4O2.CH2O2/c1-7-5-3-2-4-6-7;1-2(3)4;2-1-3/h2-6H,1H3;1H3,(H,3,4);1H,(H,2,3). The first-order valence-electron chi connectivity index (χ1n) is 3.83. The lowest BCUT2D eigenvalue weighted by atomic mass is 10.2. The van der Waals surface area contributed by atoms with Crippen LogP contribution in [-0.4, -0.2) is 22.7 Å². The fraction of sp³-hybridized carbons (Fsp3) is 0.200. The van der Waals surface area contributed by atoms with Gasteiger partial charge in [0.05, 0.1) is 0 Å². The molecule has 0 fully saturated rings. The van der Waals surface area contributed by atoms with Crippen LogP contribution >= 0.6 is 0 Å². The topological polar surface area (TPSA) is 74.6 Å². The van der Waals surface area contributed by atoms with E-state index in [4.69, 9.17) is 19.8 Å². The number of aryl methyl sites for hydroxylation is 1. The van der Waals surface area contributed by atoms with Gasteiger partial charge in [0.25, 0.3) is 12.4 Å². The number of hydrogen-bond acceptors (Lipinski definition) is 2. The van der Waals surface area contributed by atoms with Crippen molar-refractivity contribution in [2.75, 3.05) is 0 Å². The van der Waals surface area contributed by atoms with Crippen molar-refractivity contribution in [3.05, 3.63) is 35.9 Å². The minimum atomic E-state index is -0.833. The Balaban J connectivity index is 0. The Bertz CT molecular complexity index is 240.